The van der Waals surface area contributed by atoms with Crippen LogP contribution in [0, 0.1) is 48.7 Å². The Kier molecular flexibility index (Phi) is 39.5. The Morgan fingerprint density at radius 3 is 1.61 bits per heavy atom. The van der Waals surface area contributed by atoms with Crippen molar-refractivity contribution < 1.29 is 119 Å². The van der Waals surface area contributed by atoms with E-state index in [0.717, 1.165) is 0 Å². The molecule has 37 heteroatoms. The molecule has 1 aliphatic heterocycles. The number of aliphatic carboxylic acids is 3. The van der Waals surface area contributed by atoms with Crippen molar-refractivity contribution in [2.45, 2.75) is 135 Å². The van der Waals surface area contributed by atoms with Gasteiger partial charge in [-0.3, -0.25) is 86.7 Å². The summed E-state index contributed by atoms with van der Waals surface area (Å²) >= 11 is 1.45. The molecule has 0 saturated carbocycles. The normalized spacial score (nSPS) is 15.6. The number of hydrogen-bond acceptors (Lipinski definition) is 20. The molecule has 1 fully saturated rings. The second-order valence-corrected chi connectivity index (χ2v) is 26.3. The number of hydrogen-bond donors (Lipinski definition) is 16. The third kappa shape index (κ3) is 33.5. The number of nitrogens with two attached hydrogens (primary N) is 2. The molecule has 1 saturated heterocycles. The fourth-order valence-electron chi connectivity index (χ4n) is 10.8. The molecule has 0 unspecified atom stereocenters. The Labute approximate surface area is 619 Å². The van der Waals surface area contributed by atoms with Crippen molar-refractivity contribution in [1.82, 2.24) is 82.4 Å². The number of carbonyl (C=O) groups is 14. The molecule has 1 radical (unpaired) electrons. The Hall–Kier alpha value is -8.03. The summed E-state index contributed by atoms with van der Waals surface area (Å²) in [5, 5.41) is 53.0. The number of para-hydroxylation sites is 1. The SMILES string of the molecule is CSCC[C@H](NC(=O)[C@H](CC(C)C)NC(=O)[C@H](Cc1cnc[nH]1)NC(=O)CNC(=O)[C@@H](NC(=O)[C@H](C)NC(=O)[C@H](Cc1c[nH]c2ccccc12)NC(=O)[C@H](CCC(N)=O)NC(=O)CCCCNC(=O)CN1CCN(CC(=O)O)CCN(CC(=O)O)CCN(CC(=O)O)CC1)C(C)C)C(N)=O.[177Lu]. The van der Waals surface area contributed by atoms with Gasteiger partial charge in [-0.2, -0.15) is 11.8 Å². The number of aromatic amines is 2. The quantitative estimate of drug-likeness (QED) is 0.0242. The van der Waals surface area contributed by atoms with E-state index in [1.165, 1.54) is 31.2 Å². The van der Waals surface area contributed by atoms with E-state index in [-0.39, 0.29) is 179 Å². The Morgan fingerprint density at radius 2 is 1.08 bits per heavy atom. The maximum Gasteiger partial charge on any atom is 0.317 e. The number of benzene rings is 1. The van der Waals surface area contributed by atoms with Gasteiger partial charge in [0, 0.05) is 150 Å². The molecule has 3 aromatic rings. The summed E-state index contributed by atoms with van der Waals surface area (Å²) in [7, 11) is 0. The molecule has 35 nitrogen and oxygen atoms in total. The van der Waals surface area contributed by atoms with Gasteiger partial charge in [-0.1, -0.05) is 45.9 Å². The number of unbranched alkanes of at least 4 members (excludes halogenated alkanes) is 1. The minimum Gasteiger partial charge on any atom is -0.480 e. The molecule has 101 heavy (non-hydrogen) atoms. The van der Waals surface area contributed by atoms with Gasteiger partial charge in [0.1, 0.15) is 42.3 Å². The first-order valence-electron chi connectivity index (χ1n) is 33.2. The van der Waals surface area contributed by atoms with Crippen LogP contribution in [0.1, 0.15) is 90.8 Å². The molecule has 0 spiro atoms. The van der Waals surface area contributed by atoms with Crippen molar-refractivity contribution in [3.8, 4) is 0 Å². The molecule has 569 valence electrons. The fraction of sp³-hybridized carbons (Fsp3) is 0.609. The topological polar surface area (TPSA) is 517 Å². The number of carbonyl (C=O) groups excluding carboxylic acids is 11. The van der Waals surface area contributed by atoms with Gasteiger partial charge in [0.05, 0.1) is 39.1 Å². The average molecular weight is 1600 g/mol. The molecule has 3 heterocycles. The van der Waals surface area contributed by atoms with Gasteiger partial charge < -0.3 is 84.6 Å². The largest absolute Gasteiger partial charge is 0.480 e. The maximum atomic E-state index is 14.4. The van der Waals surface area contributed by atoms with E-state index in [9.17, 15) is 82.4 Å². The summed E-state index contributed by atoms with van der Waals surface area (Å²) < 4.78 is 0. The first kappa shape index (κ1) is 87.2. The molecule has 0 bridgehead atoms. The number of thioether (sulfide) groups is 1. The van der Waals surface area contributed by atoms with Crippen LogP contribution in [0.5, 0.6) is 0 Å². The summed E-state index contributed by atoms with van der Waals surface area (Å²) in [4.78, 5) is 200. The summed E-state index contributed by atoms with van der Waals surface area (Å²) in [6.07, 6.45) is 6.17. The summed E-state index contributed by atoms with van der Waals surface area (Å²) in [5.41, 5.74) is 12.8. The number of fused-ring (bicyclic) bond motifs is 1. The Bertz CT molecular complexity index is 3220. The van der Waals surface area contributed by atoms with Gasteiger partial charge in [0.25, 0.3) is 0 Å². The van der Waals surface area contributed by atoms with Gasteiger partial charge in [-0.15, -0.1) is 0 Å². The van der Waals surface area contributed by atoms with Crippen molar-refractivity contribution in [3.63, 3.8) is 0 Å². The van der Waals surface area contributed by atoms with Gasteiger partial charge in [0.2, 0.25) is 65.0 Å². The van der Waals surface area contributed by atoms with Crippen LogP contribution in [0.3, 0.4) is 0 Å². The number of carboxylic acid groups (broad SMARTS) is 3. The molecule has 1 aromatic carbocycles. The molecular weight excluding hydrogens is 1500 g/mol. The van der Waals surface area contributed by atoms with E-state index in [0.29, 0.717) is 34.3 Å². The van der Waals surface area contributed by atoms with Crippen LogP contribution in [-0.4, -0.2) is 279 Å². The molecule has 7 atom stereocenters. The first-order valence-corrected chi connectivity index (χ1v) is 34.6. The number of aromatic nitrogens is 3. The van der Waals surface area contributed by atoms with E-state index >= 15 is 0 Å². The molecule has 0 aliphatic carbocycles. The number of nitrogens with one attached hydrogen (secondary N) is 11. The average Bonchev–Trinajstić information content (AvgIpc) is 1.72. The van der Waals surface area contributed by atoms with Gasteiger partial charge in [0.15, 0.2) is 0 Å². The van der Waals surface area contributed by atoms with Crippen molar-refractivity contribution in [1.29, 1.82) is 0 Å². The Morgan fingerprint density at radius 1 is 0.554 bits per heavy atom. The van der Waals surface area contributed by atoms with Crippen LogP contribution < -0.4 is 59.3 Å². The van der Waals surface area contributed by atoms with Crippen molar-refractivity contribution in [2.24, 2.45) is 23.3 Å². The number of amides is 11. The minimum absolute atomic E-state index is 0. The van der Waals surface area contributed by atoms with E-state index in [1.807, 2.05) is 20.1 Å². The summed E-state index contributed by atoms with van der Waals surface area (Å²) in [5.74, 6) is -11.6. The van der Waals surface area contributed by atoms with E-state index in [2.05, 4.69) is 62.8 Å². The van der Waals surface area contributed by atoms with E-state index < -0.39 is 138 Å². The van der Waals surface area contributed by atoms with Gasteiger partial charge >= 0.3 is 17.9 Å². The van der Waals surface area contributed by atoms with Crippen LogP contribution in [0.4, 0.5) is 0 Å². The Balaban J connectivity index is 0.0000265. The predicted octanol–water partition coefficient (Wildman–Crippen LogP) is -3.83. The van der Waals surface area contributed by atoms with Gasteiger partial charge in [-0.25, -0.2) is 4.98 Å². The van der Waals surface area contributed by atoms with Crippen LogP contribution >= 0.6 is 11.8 Å². The zero-order valence-electron chi connectivity index (χ0n) is 57.8. The molecule has 1 aliphatic rings. The number of primary amides is 2. The van der Waals surface area contributed by atoms with Gasteiger partial charge in [-0.05, 0) is 74.5 Å². The minimum atomic E-state index is -1.42. The standard InChI is InChI=1S/C64H100N18O17S.Lu/c1-38(2)27-47(62(97)75-45(58(66)93)16-26-100-6)76-63(98)49(29-42-31-67-37-71-42)74-52(85)32-70-64(99)57(39(3)4)78-59(94)40(5)72-61(96)48(28-41-30-69-44-12-8-7-11-43(41)44)77-60(95)46(14-15-50(65)83)73-51(84)13-9-10-17-68-53(86)33-79-18-20-80(34-54(87)88)22-24-82(36-56(91)92)25-23-81(21-19-79)35-55(89)90;/h7-8,11-12,30-31,37-40,45-49,57,69H,9-10,13-29,32-36H2,1-6H3,(H2,65,83)(H2,66,93)(H,67,71)(H,68,86)(H,70,99)(H,72,96)(H,73,84)(H,74,85)(H,75,97)(H,76,98)(H,77,95)(H,78,94)(H,87,88)(H,89,90)(H,91,92);/t40-,45-,46-,47-,48-,49-,57-;/m0./s1/i;1+2. The third-order valence-corrected chi connectivity index (χ3v) is 16.9. The van der Waals surface area contributed by atoms with Crippen LogP contribution in [0.15, 0.2) is 43.0 Å². The van der Waals surface area contributed by atoms with Crippen molar-refractivity contribution in [3.05, 3.63) is 54.2 Å². The molecule has 4 rings (SSSR count). The second-order valence-electron chi connectivity index (χ2n) is 25.4. The smallest absolute Gasteiger partial charge is 0.317 e. The van der Waals surface area contributed by atoms with Crippen molar-refractivity contribution >= 4 is 106 Å². The molecule has 2 aromatic heterocycles. The summed E-state index contributed by atoms with van der Waals surface area (Å²) in [6, 6.07) is -1.76. The van der Waals surface area contributed by atoms with Crippen molar-refractivity contribution in [2.75, 3.05) is 104 Å². The number of imidazole rings is 1. The molecule has 11 amide bonds. The molecule has 18 N–H and O–H groups in total. The first-order chi connectivity index (χ1) is 47.4. The zero-order chi connectivity index (χ0) is 74.0. The molecular formula is C64H100LuN18O17S. The monoisotopic (exact) mass is 1600 g/mol. The fourth-order valence-corrected chi connectivity index (χ4v) is 11.3. The van der Waals surface area contributed by atoms with Crippen LogP contribution in [0.2, 0.25) is 0 Å². The number of H-pyrrole nitrogens is 2. The predicted molar refractivity (Wildman–Crippen MR) is 367 cm³/mol. The number of carboxylic acids is 3. The van der Waals surface area contributed by atoms with Crippen LogP contribution in [0.25, 0.3) is 10.9 Å². The second kappa shape index (κ2) is 45.8. The maximum absolute atomic E-state index is 14.4. The van der Waals surface area contributed by atoms with E-state index in [4.69, 9.17) is 11.5 Å². The van der Waals surface area contributed by atoms with Crippen LogP contribution in [-0.2, 0) is 80.0 Å². The zero-order valence-corrected chi connectivity index (χ0v) is 60.3. The number of rotatable bonds is 42. The number of nitrogens with zero attached hydrogens (tertiary/aromatic N) is 5. The summed E-state index contributed by atoms with van der Waals surface area (Å²) in [6.45, 7) is 8.25. The third-order valence-electron chi connectivity index (χ3n) is 16.3. The van der Waals surface area contributed by atoms with E-state index in [1.54, 1.807) is 63.9 Å².